The summed E-state index contributed by atoms with van der Waals surface area (Å²) < 4.78 is 0. The fourth-order valence-corrected chi connectivity index (χ4v) is 2.14. The van der Waals surface area contributed by atoms with Gasteiger partial charge in [-0.1, -0.05) is 18.9 Å². The molecular formula is C12H19Cl2N3O2. The van der Waals surface area contributed by atoms with Gasteiger partial charge in [0.1, 0.15) is 0 Å². The molecular weight excluding hydrogens is 289 g/mol. The lowest BCUT2D eigenvalue weighted by molar-refractivity contribution is -0.126. The Morgan fingerprint density at radius 1 is 1.32 bits per heavy atom. The van der Waals surface area contributed by atoms with Crippen LogP contribution in [0.15, 0.2) is 23.1 Å². The van der Waals surface area contributed by atoms with E-state index >= 15 is 0 Å². The summed E-state index contributed by atoms with van der Waals surface area (Å²) >= 11 is 0. The number of hydrogen-bond acceptors (Lipinski definition) is 3. The van der Waals surface area contributed by atoms with Crippen molar-refractivity contribution in [2.45, 2.75) is 37.8 Å². The first-order valence-electron chi connectivity index (χ1n) is 5.85. The lowest BCUT2D eigenvalue weighted by atomic mass is 9.98. The Morgan fingerprint density at radius 2 is 1.95 bits per heavy atom. The van der Waals surface area contributed by atoms with Gasteiger partial charge in [-0.25, -0.2) is 0 Å². The molecule has 1 aliphatic rings. The SMILES string of the molecule is Cl.Cl.NC1(C(=O)NCc2ccc(=O)[nH]c2)CCCC1. The van der Waals surface area contributed by atoms with Gasteiger partial charge in [0.2, 0.25) is 11.5 Å². The molecule has 108 valence electrons. The minimum atomic E-state index is -0.692. The molecule has 1 heterocycles. The summed E-state index contributed by atoms with van der Waals surface area (Å²) in [7, 11) is 0. The highest BCUT2D eigenvalue weighted by Crippen LogP contribution is 2.27. The molecule has 0 unspecified atom stereocenters. The molecule has 1 saturated carbocycles. The molecule has 0 saturated heterocycles. The van der Waals surface area contributed by atoms with Crippen molar-refractivity contribution in [1.82, 2.24) is 10.3 Å². The molecule has 1 amide bonds. The van der Waals surface area contributed by atoms with Crippen LogP contribution in [0.2, 0.25) is 0 Å². The van der Waals surface area contributed by atoms with Gasteiger partial charge in [0, 0.05) is 18.8 Å². The van der Waals surface area contributed by atoms with Gasteiger partial charge in [0.05, 0.1) is 5.54 Å². The minimum Gasteiger partial charge on any atom is -0.350 e. The van der Waals surface area contributed by atoms with Crippen molar-refractivity contribution >= 4 is 30.7 Å². The maximum Gasteiger partial charge on any atom is 0.247 e. The van der Waals surface area contributed by atoms with Crippen molar-refractivity contribution in [3.05, 3.63) is 34.2 Å². The van der Waals surface area contributed by atoms with E-state index in [4.69, 9.17) is 5.73 Å². The summed E-state index contributed by atoms with van der Waals surface area (Å²) in [5.74, 6) is -0.0961. The summed E-state index contributed by atoms with van der Waals surface area (Å²) in [5, 5.41) is 2.81. The number of hydrogen-bond donors (Lipinski definition) is 3. The first kappa shape index (κ1) is 18.0. The predicted octanol–water partition coefficient (Wildman–Crippen LogP) is 1.11. The molecule has 1 aromatic heterocycles. The molecule has 2 rings (SSSR count). The Morgan fingerprint density at radius 3 is 2.47 bits per heavy atom. The van der Waals surface area contributed by atoms with E-state index in [1.807, 2.05) is 0 Å². The predicted molar refractivity (Wildman–Crippen MR) is 78.8 cm³/mol. The van der Waals surface area contributed by atoms with Crippen LogP contribution in [-0.4, -0.2) is 16.4 Å². The van der Waals surface area contributed by atoms with Gasteiger partial charge < -0.3 is 16.0 Å². The number of aromatic amines is 1. The third-order valence-electron chi connectivity index (χ3n) is 3.25. The summed E-state index contributed by atoms with van der Waals surface area (Å²) in [6.45, 7) is 0.397. The lowest BCUT2D eigenvalue weighted by Gasteiger charge is -2.22. The van der Waals surface area contributed by atoms with Gasteiger partial charge in [-0.05, 0) is 18.4 Å². The topological polar surface area (TPSA) is 88.0 Å². The van der Waals surface area contributed by atoms with Crippen molar-refractivity contribution < 1.29 is 4.79 Å². The maximum atomic E-state index is 11.9. The van der Waals surface area contributed by atoms with E-state index in [1.165, 1.54) is 6.07 Å². The summed E-state index contributed by atoms with van der Waals surface area (Å²) in [4.78, 5) is 25.3. The Labute approximate surface area is 124 Å². The fourth-order valence-electron chi connectivity index (χ4n) is 2.14. The Hall–Kier alpha value is -1.04. The standard InChI is InChI=1S/C12H17N3O2.2ClH/c13-12(5-1-2-6-12)11(17)15-8-9-3-4-10(16)14-7-9;;/h3-4,7H,1-2,5-6,8,13H2,(H,14,16)(H,15,17);2*1H. The van der Waals surface area contributed by atoms with Crippen LogP contribution in [0.3, 0.4) is 0 Å². The van der Waals surface area contributed by atoms with Gasteiger partial charge in [-0.3, -0.25) is 9.59 Å². The second-order valence-electron chi connectivity index (χ2n) is 4.61. The third-order valence-corrected chi connectivity index (χ3v) is 3.25. The van der Waals surface area contributed by atoms with Crippen LogP contribution in [0.4, 0.5) is 0 Å². The van der Waals surface area contributed by atoms with Crippen molar-refractivity contribution in [3.8, 4) is 0 Å². The Bertz CT molecular complexity index is 450. The number of rotatable bonds is 3. The number of amides is 1. The first-order valence-corrected chi connectivity index (χ1v) is 5.85. The molecule has 1 fully saturated rings. The largest absolute Gasteiger partial charge is 0.350 e. The highest BCUT2D eigenvalue weighted by molar-refractivity contribution is 5.86. The molecule has 0 aliphatic heterocycles. The molecule has 5 nitrogen and oxygen atoms in total. The fraction of sp³-hybridized carbons (Fsp3) is 0.500. The quantitative estimate of drug-likeness (QED) is 0.781. The zero-order valence-corrected chi connectivity index (χ0v) is 12.1. The van der Waals surface area contributed by atoms with E-state index in [2.05, 4.69) is 10.3 Å². The third kappa shape index (κ3) is 4.53. The zero-order chi connectivity index (χ0) is 12.3. The molecule has 4 N–H and O–H groups in total. The van der Waals surface area contributed by atoms with Crippen molar-refractivity contribution in [2.24, 2.45) is 5.73 Å². The molecule has 0 atom stereocenters. The number of H-pyrrole nitrogens is 1. The smallest absolute Gasteiger partial charge is 0.247 e. The van der Waals surface area contributed by atoms with Gasteiger partial charge >= 0.3 is 0 Å². The van der Waals surface area contributed by atoms with Crippen LogP contribution in [-0.2, 0) is 11.3 Å². The van der Waals surface area contributed by atoms with E-state index in [1.54, 1.807) is 12.3 Å². The van der Waals surface area contributed by atoms with E-state index < -0.39 is 5.54 Å². The van der Waals surface area contributed by atoms with Gasteiger partial charge in [0.25, 0.3) is 0 Å². The average Bonchev–Trinajstić information content (AvgIpc) is 2.76. The van der Waals surface area contributed by atoms with Crippen molar-refractivity contribution in [2.75, 3.05) is 0 Å². The van der Waals surface area contributed by atoms with E-state index in [0.29, 0.717) is 6.54 Å². The molecule has 0 aromatic carbocycles. The molecule has 0 spiro atoms. The molecule has 1 aromatic rings. The summed E-state index contributed by atoms with van der Waals surface area (Å²) in [6, 6.07) is 3.13. The molecule has 0 bridgehead atoms. The van der Waals surface area contributed by atoms with E-state index in [9.17, 15) is 9.59 Å². The lowest BCUT2D eigenvalue weighted by Crippen LogP contribution is -2.51. The average molecular weight is 308 g/mol. The number of carbonyl (C=O) groups excluding carboxylic acids is 1. The highest BCUT2D eigenvalue weighted by atomic mass is 35.5. The first-order chi connectivity index (χ1) is 8.10. The van der Waals surface area contributed by atoms with Crippen LogP contribution in [0, 0.1) is 0 Å². The summed E-state index contributed by atoms with van der Waals surface area (Å²) in [6.07, 6.45) is 5.14. The van der Waals surface area contributed by atoms with E-state index in [-0.39, 0.29) is 36.3 Å². The summed E-state index contributed by atoms with van der Waals surface area (Å²) in [5.41, 5.74) is 6.04. The van der Waals surface area contributed by atoms with Gasteiger partial charge in [-0.2, -0.15) is 0 Å². The number of aromatic nitrogens is 1. The Kier molecular flexibility index (Phi) is 7.11. The second kappa shape index (κ2) is 7.53. The van der Waals surface area contributed by atoms with Crippen LogP contribution in [0.25, 0.3) is 0 Å². The van der Waals surface area contributed by atoms with E-state index in [0.717, 1.165) is 31.2 Å². The number of nitrogens with two attached hydrogens (primary N) is 1. The van der Waals surface area contributed by atoms with Crippen LogP contribution >= 0.6 is 24.8 Å². The molecule has 0 radical (unpaired) electrons. The Balaban J connectivity index is 0.00000162. The number of halogens is 2. The molecule has 7 heteroatoms. The number of nitrogens with one attached hydrogen (secondary N) is 2. The second-order valence-corrected chi connectivity index (χ2v) is 4.61. The molecule has 19 heavy (non-hydrogen) atoms. The van der Waals surface area contributed by atoms with Crippen LogP contribution < -0.4 is 16.6 Å². The minimum absolute atomic E-state index is 0. The van der Waals surface area contributed by atoms with Gasteiger partial charge in [0.15, 0.2) is 0 Å². The van der Waals surface area contributed by atoms with Crippen LogP contribution in [0.5, 0.6) is 0 Å². The van der Waals surface area contributed by atoms with Crippen molar-refractivity contribution in [1.29, 1.82) is 0 Å². The normalized spacial score (nSPS) is 16.1. The number of carbonyl (C=O) groups is 1. The maximum absolute atomic E-state index is 11.9. The van der Waals surface area contributed by atoms with Crippen molar-refractivity contribution in [3.63, 3.8) is 0 Å². The van der Waals surface area contributed by atoms with Gasteiger partial charge in [-0.15, -0.1) is 24.8 Å². The van der Waals surface area contributed by atoms with Crippen LogP contribution in [0.1, 0.15) is 31.2 Å². The number of pyridine rings is 1. The zero-order valence-electron chi connectivity index (χ0n) is 10.5. The highest BCUT2D eigenvalue weighted by Gasteiger charge is 2.36. The molecule has 1 aliphatic carbocycles. The monoisotopic (exact) mass is 307 g/mol.